The number of piperidine rings is 1. The number of rotatable bonds is 3. The fourth-order valence-corrected chi connectivity index (χ4v) is 10.5. The van der Waals surface area contributed by atoms with E-state index in [4.69, 9.17) is 14.2 Å². The Kier molecular flexibility index (Phi) is 7.41. The lowest BCUT2D eigenvalue weighted by molar-refractivity contribution is -0.133. The average molecular weight is 578 g/mol. The minimum atomic E-state index is -0.355. The van der Waals surface area contributed by atoms with Gasteiger partial charge in [0.2, 0.25) is 5.76 Å². The van der Waals surface area contributed by atoms with Gasteiger partial charge in [-0.1, -0.05) is 51.7 Å². The third kappa shape index (κ3) is 4.70. The van der Waals surface area contributed by atoms with Gasteiger partial charge in [0.1, 0.15) is 5.76 Å². The van der Waals surface area contributed by atoms with Gasteiger partial charge in [-0.25, -0.2) is 4.79 Å². The molecule has 0 aromatic carbocycles. The number of hydrogen-bond acceptors (Lipinski definition) is 6. The summed E-state index contributed by atoms with van der Waals surface area (Å²) in [7, 11) is 1.60. The van der Waals surface area contributed by atoms with E-state index in [1.165, 1.54) is 51.4 Å². The number of nitrogens with zero attached hydrogens (tertiary/aromatic N) is 1. The predicted molar refractivity (Wildman–Crippen MR) is 162 cm³/mol. The standard InChI is InChI=1S/C36H51NO5/c1-22-10-7-11-25(18-22)30(38)27-13-8-12-26-29-23(2)32(33-31(40-4)24(3)34(39)42-33)41-28(29)19-36(21-37(26)27)17-9-16-35(20-36)14-5-6-15-35/h7,11,19,22-23,25-27,29-30,38H,5-6,8-10,12-18,20-21H2,1-4H3. The monoisotopic (exact) mass is 577 g/mol. The van der Waals surface area contributed by atoms with Crippen molar-refractivity contribution in [3.63, 3.8) is 0 Å². The topological polar surface area (TPSA) is 68.2 Å². The van der Waals surface area contributed by atoms with Crippen LogP contribution in [0.5, 0.6) is 0 Å². The Bertz CT molecular complexity index is 1220. The summed E-state index contributed by atoms with van der Waals surface area (Å²) in [5, 5.41) is 12.1. The van der Waals surface area contributed by atoms with Crippen LogP contribution in [0, 0.1) is 34.5 Å². The number of allylic oxidation sites excluding steroid dienone is 2. The van der Waals surface area contributed by atoms with Crippen LogP contribution < -0.4 is 0 Å². The van der Waals surface area contributed by atoms with Crippen molar-refractivity contribution in [2.24, 2.45) is 34.5 Å². The molecule has 2 saturated heterocycles. The molecule has 0 bridgehead atoms. The molecule has 0 radical (unpaired) electrons. The van der Waals surface area contributed by atoms with Gasteiger partial charge in [-0.3, -0.25) is 4.90 Å². The van der Waals surface area contributed by atoms with E-state index in [1.807, 2.05) is 0 Å². The molecule has 0 aromatic heterocycles. The Balaban J connectivity index is 1.30. The van der Waals surface area contributed by atoms with E-state index in [2.05, 4.69) is 37.0 Å². The maximum Gasteiger partial charge on any atom is 0.343 e. The summed E-state index contributed by atoms with van der Waals surface area (Å²) in [6.45, 7) is 7.34. The maximum absolute atomic E-state index is 12.6. The van der Waals surface area contributed by atoms with E-state index in [0.29, 0.717) is 28.4 Å². The van der Waals surface area contributed by atoms with Gasteiger partial charge in [0.25, 0.3) is 0 Å². The first-order valence-electron chi connectivity index (χ1n) is 17.0. The molecule has 8 atom stereocenters. The van der Waals surface area contributed by atoms with Crippen LogP contribution in [0.25, 0.3) is 0 Å². The fourth-order valence-electron chi connectivity index (χ4n) is 10.5. The summed E-state index contributed by atoms with van der Waals surface area (Å²) >= 11 is 0. The molecule has 230 valence electrons. The zero-order valence-electron chi connectivity index (χ0n) is 26.2. The first-order valence-corrected chi connectivity index (χ1v) is 17.0. The van der Waals surface area contributed by atoms with Crippen molar-refractivity contribution in [3.8, 4) is 0 Å². The summed E-state index contributed by atoms with van der Waals surface area (Å²) < 4.78 is 18.3. The summed E-state index contributed by atoms with van der Waals surface area (Å²) in [4.78, 5) is 15.4. The number of fused-ring (bicyclic) bond motifs is 3. The Hall–Kier alpha value is -2.05. The zero-order chi connectivity index (χ0) is 29.2. The third-order valence-electron chi connectivity index (χ3n) is 12.4. The molecule has 0 aromatic rings. The van der Waals surface area contributed by atoms with E-state index in [0.717, 1.165) is 50.2 Å². The van der Waals surface area contributed by atoms with Crippen molar-refractivity contribution >= 4 is 5.97 Å². The molecule has 4 fully saturated rings. The van der Waals surface area contributed by atoms with Gasteiger partial charge in [0, 0.05) is 41.8 Å². The normalized spacial score (nSPS) is 42.2. The number of carbonyl (C=O) groups is 1. The first kappa shape index (κ1) is 28.7. The van der Waals surface area contributed by atoms with Crippen molar-refractivity contribution < 1.29 is 24.1 Å². The van der Waals surface area contributed by atoms with Crippen molar-refractivity contribution in [1.29, 1.82) is 0 Å². The Morgan fingerprint density at radius 2 is 1.86 bits per heavy atom. The number of carbonyl (C=O) groups excluding carboxylic acids is 1. The highest BCUT2D eigenvalue weighted by Crippen LogP contribution is 2.59. The second-order valence-corrected chi connectivity index (χ2v) is 15.2. The van der Waals surface area contributed by atoms with Crippen LogP contribution in [0.3, 0.4) is 0 Å². The SMILES string of the molecule is COC1=C(C)C(=O)OC1=C1OC2=CC3(CCCC4(CCCC4)C3)CN3C(C(O)C4C=CCC(C)C4)CCCC3C2C1C. The van der Waals surface area contributed by atoms with Gasteiger partial charge in [0.05, 0.1) is 18.8 Å². The van der Waals surface area contributed by atoms with Crippen molar-refractivity contribution in [2.75, 3.05) is 13.7 Å². The van der Waals surface area contributed by atoms with Crippen molar-refractivity contribution in [2.45, 2.75) is 122 Å². The minimum absolute atomic E-state index is 0.0396. The van der Waals surface area contributed by atoms with Crippen LogP contribution in [0.15, 0.2) is 46.8 Å². The number of methoxy groups -OCH3 is 1. The number of cyclic esters (lactones) is 1. The van der Waals surface area contributed by atoms with E-state index in [1.54, 1.807) is 14.0 Å². The van der Waals surface area contributed by atoms with Gasteiger partial charge in [-0.2, -0.15) is 0 Å². The van der Waals surface area contributed by atoms with Crippen LogP contribution in [0.2, 0.25) is 0 Å². The number of aliphatic hydroxyl groups excluding tert-OH is 1. The summed E-state index contributed by atoms with van der Waals surface area (Å²) in [6, 6.07) is 0.441. The average Bonchev–Trinajstić information content (AvgIpc) is 3.60. The molecule has 42 heavy (non-hydrogen) atoms. The zero-order valence-corrected chi connectivity index (χ0v) is 26.2. The molecule has 4 heterocycles. The molecule has 3 aliphatic carbocycles. The fraction of sp³-hybridized carbons (Fsp3) is 0.750. The molecule has 4 aliphatic heterocycles. The lowest BCUT2D eigenvalue weighted by Crippen LogP contribution is -2.58. The van der Waals surface area contributed by atoms with Gasteiger partial charge < -0.3 is 19.3 Å². The second-order valence-electron chi connectivity index (χ2n) is 15.2. The number of esters is 1. The van der Waals surface area contributed by atoms with Gasteiger partial charge >= 0.3 is 5.97 Å². The van der Waals surface area contributed by atoms with Crippen LogP contribution in [0.4, 0.5) is 0 Å². The number of ether oxygens (including phenoxy) is 3. The molecule has 0 amide bonds. The third-order valence-corrected chi connectivity index (χ3v) is 12.4. The number of aliphatic hydroxyl groups is 1. The molecular weight excluding hydrogens is 526 g/mol. The van der Waals surface area contributed by atoms with E-state index in [9.17, 15) is 9.90 Å². The highest BCUT2D eigenvalue weighted by molar-refractivity contribution is 5.93. The van der Waals surface area contributed by atoms with Crippen molar-refractivity contribution in [3.05, 3.63) is 46.8 Å². The van der Waals surface area contributed by atoms with E-state index >= 15 is 0 Å². The Morgan fingerprint density at radius 1 is 1.07 bits per heavy atom. The quantitative estimate of drug-likeness (QED) is 0.284. The van der Waals surface area contributed by atoms with E-state index in [-0.39, 0.29) is 47.3 Å². The largest absolute Gasteiger partial charge is 0.492 e. The highest BCUT2D eigenvalue weighted by atomic mass is 16.6. The Labute approximate surface area is 252 Å². The molecule has 6 heteroatoms. The van der Waals surface area contributed by atoms with E-state index < -0.39 is 0 Å². The molecule has 2 spiro atoms. The summed E-state index contributed by atoms with van der Waals surface area (Å²) in [5.74, 6) is 3.49. The highest BCUT2D eigenvalue weighted by Gasteiger charge is 2.56. The summed E-state index contributed by atoms with van der Waals surface area (Å²) in [6.07, 6.45) is 22.7. The molecular formula is C36H51NO5. The molecule has 7 aliphatic rings. The smallest absolute Gasteiger partial charge is 0.343 e. The maximum atomic E-state index is 12.6. The molecule has 6 nitrogen and oxygen atoms in total. The first-order chi connectivity index (χ1) is 20.2. The minimum Gasteiger partial charge on any atom is -0.492 e. The lowest BCUT2D eigenvalue weighted by Gasteiger charge is -2.52. The lowest BCUT2D eigenvalue weighted by atomic mass is 9.60. The van der Waals surface area contributed by atoms with Crippen LogP contribution in [-0.2, 0) is 19.0 Å². The van der Waals surface area contributed by atoms with Crippen molar-refractivity contribution in [1.82, 2.24) is 4.90 Å². The number of hydrogen-bond donors (Lipinski definition) is 1. The van der Waals surface area contributed by atoms with Gasteiger partial charge in [0.15, 0.2) is 11.5 Å². The molecule has 7 rings (SSSR count). The molecule has 2 saturated carbocycles. The van der Waals surface area contributed by atoms with Crippen LogP contribution >= 0.6 is 0 Å². The summed E-state index contributed by atoms with van der Waals surface area (Å²) in [5.41, 5.74) is 0.991. The Morgan fingerprint density at radius 3 is 2.62 bits per heavy atom. The molecule has 8 unspecified atom stereocenters. The van der Waals surface area contributed by atoms with Gasteiger partial charge in [-0.15, -0.1) is 0 Å². The van der Waals surface area contributed by atoms with Crippen LogP contribution in [-0.4, -0.2) is 47.8 Å². The predicted octanol–water partition coefficient (Wildman–Crippen LogP) is 7.16. The van der Waals surface area contributed by atoms with Gasteiger partial charge in [-0.05, 0) is 82.1 Å². The second kappa shape index (κ2) is 10.8. The van der Waals surface area contributed by atoms with Crippen LogP contribution in [0.1, 0.15) is 104 Å². The molecule has 1 N–H and O–H groups in total.